The first-order valence-electron chi connectivity index (χ1n) is 4.91. The highest BCUT2D eigenvalue weighted by molar-refractivity contribution is 5.73. The van der Waals surface area contributed by atoms with Crippen molar-refractivity contribution in [3.63, 3.8) is 0 Å². The third-order valence-electron chi connectivity index (χ3n) is 2.21. The summed E-state index contributed by atoms with van der Waals surface area (Å²) in [5.41, 5.74) is 5.27. The van der Waals surface area contributed by atoms with Crippen LogP contribution in [0.25, 0.3) is 0 Å². The van der Waals surface area contributed by atoms with E-state index in [1.54, 1.807) is 0 Å². The summed E-state index contributed by atoms with van der Waals surface area (Å²) < 4.78 is 39.3. The van der Waals surface area contributed by atoms with Crippen LogP contribution in [-0.4, -0.2) is 23.0 Å². The van der Waals surface area contributed by atoms with Gasteiger partial charge in [0.05, 0.1) is 0 Å². The van der Waals surface area contributed by atoms with Crippen molar-refractivity contribution in [2.45, 2.75) is 24.8 Å². The molecule has 17 heavy (non-hydrogen) atoms. The van der Waals surface area contributed by atoms with Crippen molar-refractivity contribution in [1.82, 2.24) is 0 Å². The quantitative estimate of drug-likeness (QED) is 0.834. The van der Waals surface area contributed by atoms with E-state index in [4.69, 9.17) is 10.8 Å². The number of nitrogens with two attached hydrogens (primary N) is 1. The van der Waals surface area contributed by atoms with Crippen LogP contribution in [0.3, 0.4) is 0 Å². The lowest BCUT2D eigenvalue weighted by atomic mass is 10.0. The Morgan fingerprint density at radius 2 is 1.88 bits per heavy atom. The molecule has 1 unspecified atom stereocenters. The van der Waals surface area contributed by atoms with Crippen molar-refractivity contribution in [3.8, 4) is 0 Å². The van der Waals surface area contributed by atoms with Gasteiger partial charge in [-0.3, -0.25) is 4.79 Å². The molecule has 0 aliphatic rings. The highest BCUT2D eigenvalue weighted by atomic mass is 19.3. The summed E-state index contributed by atoms with van der Waals surface area (Å²) in [6.07, 6.45) is -1.60. The van der Waals surface area contributed by atoms with Gasteiger partial charge in [0, 0.05) is 12.8 Å². The molecular weight excluding hydrogens is 235 g/mol. The number of carboxylic acids is 1. The van der Waals surface area contributed by atoms with Gasteiger partial charge in [-0.2, -0.15) is 0 Å². The average Bonchev–Trinajstić information content (AvgIpc) is 2.20. The molecule has 1 aromatic rings. The third kappa shape index (κ3) is 4.44. The fourth-order valence-electron chi connectivity index (χ4n) is 1.38. The first-order valence-corrected chi connectivity index (χ1v) is 4.91. The fraction of sp³-hybridized carbons (Fsp3) is 0.364. The van der Waals surface area contributed by atoms with Gasteiger partial charge in [0.2, 0.25) is 0 Å². The Labute approximate surface area is 96.0 Å². The zero-order chi connectivity index (χ0) is 13.1. The molecule has 0 saturated heterocycles. The first-order chi connectivity index (χ1) is 7.80. The smallest absolute Gasteiger partial charge is 0.320 e. The van der Waals surface area contributed by atoms with Gasteiger partial charge >= 0.3 is 5.97 Å². The Kier molecular flexibility index (Phi) is 4.11. The van der Waals surface area contributed by atoms with Crippen molar-refractivity contribution < 1.29 is 23.1 Å². The Hall–Kier alpha value is -1.56. The lowest BCUT2D eigenvalue weighted by Crippen LogP contribution is -2.37. The molecule has 0 amide bonds. The Morgan fingerprint density at radius 1 is 1.35 bits per heavy atom. The molecule has 0 radical (unpaired) electrons. The summed E-state index contributed by atoms with van der Waals surface area (Å²) in [6.45, 7) is 0. The highest BCUT2D eigenvalue weighted by Gasteiger charge is 2.34. The second-order valence-corrected chi connectivity index (χ2v) is 3.81. The van der Waals surface area contributed by atoms with Gasteiger partial charge < -0.3 is 10.8 Å². The summed E-state index contributed by atoms with van der Waals surface area (Å²) in [6, 6.07) is 3.00. The molecule has 6 heteroatoms. The molecule has 0 aliphatic heterocycles. The molecule has 0 aliphatic carbocycles. The van der Waals surface area contributed by atoms with Crippen LogP contribution in [0.1, 0.15) is 12.0 Å². The largest absolute Gasteiger partial charge is 0.480 e. The van der Waals surface area contributed by atoms with E-state index in [0.29, 0.717) is 0 Å². The van der Waals surface area contributed by atoms with Crippen molar-refractivity contribution in [1.29, 1.82) is 0 Å². The van der Waals surface area contributed by atoms with Gasteiger partial charge in [-0.15, -0.1) is 0 Å². The molecular formula is C11H12F3NO2. The lowest BCUT2D eigenvalue weighted by molar-refractivity contribution is -0.141. The molecule has 0 fully saturated rings. The van der Waals surface area contributed by atoms with Crippen LogP contribution in [0.15, 0.2) is 24.3 Å². The zero-order valence-electron chi connectivity index (χ0n) is 8.87. The molecule has 0 spiro atoms. The van der Waals surface area contributed by atoms with Crippen molar-refractivity contribution in [2.75, 3.05) is 0 Å². The maximum absolute atomic E-state index is 13.4. The van der Waals surface area contributed by atoms with Gasteiger partial charge in [0.15, 0.2) is 0 Å². The number of benzene rings is 1. The SMILES string of the molecule is NC(CC(F)(F)Cc1ccc(F)cc1)C(=O)O. The van der Waals surface area contributed by atoms with Crippen LogP contribution in [0.4, 0.5) is 13.2 Å². The minimum atomic E-state index is -3.23. The Balaban J connectivity index is 2.65. The van der Waals surface area contributed by atoms with Crippen LogP contribution in [0.5, 0.6) is 0 Å². The topological polar surface area (TPSA) is 63.3 Å². The number of aliphatic carboxylic acids is 1. The van der Waals surface area contributed by atoms with Gasteiger partial charge in [0.25, 0.3) is 5.92 Å². The van der Waals surface area contributed by atoms with E-state index in [-0.39, 0.29) is 5.56 Å². The number of alkyl halides is 2. The van der Waals surface area contributed by atoms with E-state index >= 15 is 0 Å². The standard InChI is InChI=1S/C11H12F3NO2/c12-8-3-1-7(2-4-8)5-11(13,14)6-9(15)10(16)17/h1-4,9H,5-6,15H2,(H,16,17). The molecule has 94 valence electrons. The van der Waals surface area contributed by atoms with E-state index in [2.05, 4.69) is 0 Å². The zero-order valence-corrected chi connectivity index (χ0v) is 8.87. The van der Waals surface area contributed by atoms with Crippen LogP contribution in [0.2, 0.25) is 0 Å². The normalized spacial score (nSPS) is 13.4. The second kappa shape index (κ2) is 5.18. The van der Waals surface area contributed by atoms with E-state index < -0.39 is 36.6 Å². The number of hydrogen-bond acceptors (Lipinski definition) is 2. The molecule has 0 bridgehead atoms. The summed E-state index contributed by atoms with van der Waals surface area (Å²) in [5.74, 6) is -5.21. The van der Waals surface area contributed by atoms with Crippen molar-refractivity contribution in [2.24, 2.45) is 5.73 Å². The molecule has 1 rings (SSSR count). The van der Waals surface area contributed by atoms with Crippen molar-refractivity contribution in [3.05, 3.63) is 35.6 Å². The fourth-order valence-corrected chi connectivity index (χ4v) is 1.38. The second-order valence-electron chi connectivity index (χ2n) is 3.81. The summed E-state index contributed by atoms with van der Waals surface area (Å²) in [4.78, 5) is 10.4. The monoisotopic (exact) mass is 247 g/mol. The summed E-state index contributed by atoms with van der Waals surface area (Å²) in [7, 11) is 0. The first kappa shape index (κ1) is 13.5. The van der Waals surface area contributed by atoms with E-state index in [0.717, 1.165) is 12.1 Å². The highest BCUT2D eigenvalue weighted by Crippen LogP contribution is 2.25. The number of hydrogen-bond donors (Lipinski definition) is 2. The lowest BCUT2D eigenvalue weighted by Gasteiger charge is -2.18. The van der Waals surface area contributed by atoms with Gasteiger partial charge in [-0.25, -0.2) is 13.2 Å². The predicted octanol–water partition coefficient (Wildman–Crippen LogP) is 1.81. The average molecular weight is 247 g/mol. The number of carbonyl (C=O) groups is 1. The summed E-state index contributed by atoms with van der Waals surface area (Å²) >= 11 is 0. The van der Waals surface area contributed by atoms with Crippen LogP contribution >= 0.6 is 0 Å². The number of halogens is 3. The van der Waals surface area contributed by atoms with Crippen molar-refractivity contribution >= 4 is 5.97 Å². The van der Waals surface area contributed by atoms with Gasteiger partial charge in [-0.05, 0) is 17.7 Å². The number of rotatable bonds is 5. The van der Waals surface area contributed by atoms with Crippen LogP contribution in [-0.2, 0) is 11.2 Å². The minimum absolute atomic E-state index is 0.231. The van der Waals surface area contributed by atoms with E-state index in [1.165, 1.54) is 12.1 Å². The molecule has 0 heterocycles. The van der Waals surface area contributed by atoms with E-state index in [1.807, 2.05) is 0 Å². The van der Waals surface area contributed by atoms with E-state index in [9.17, 15) is 18.0 Å². The summed E-state index contributed by atoms with van der Waals surface area (Å²) in [5, 5.41) is 8.44. The third-order valence-corrected chi connectivity index (χ3v) is 2.21. The Bertz CT molecular complexity index is 392. The molecule has 3 nitrogen and oxygen atoms in total. The molecule has 1 atom stereocenters. The van der Waals surface area contributed by atoms with Crippen LogP contribution in [0, 0.1) is 5.82 Å². The molecule has 0 aromatic heterocycles. The molecule has 0 saturated carbocycles. The minimum Gasteiger partial charge on any atom is -0.480 e. The maximum Gasteiger partial charge on any atom is 0.320 e. The maximum atomic E-state index is 13.4. The van der Waals surface area contributed by atoms with Crippen LogP contribution < -0.4 is 5.73 Å². The predicted molar refractivity (Wildman–Crippen MR) is 55.3 cm³/mol. The molecule has 3 N–H and O–H groups in total. The Morgan fingerprint density at radius 3 is 2.35 bits per heavy atom. The number of carboxylic acid groups (broad SMARTS) is 1. The van der Waals surface area contributed by atoms with Gasteiger partial charge in [0.1, 0.15) is 11.9 Å². The molecule has 1 aromatic carbocycles. The van der Waals surface area contributed by atoms with Gasteiger partial charge in [-0.1, -0.05) is 12.1 Å².